The minimum Gasteiger partial charge on any atom is -0.493 e. The van der Waals surface area contributed by atoms with Gasteiger partial charge in [0.05, 0.1) is 20.8 Å². The standard InChI is InChI=1S/C26H29NO6S/c1-7-32-26(29)24-19(18-8-9-20(30-5)22(12-18)31-6)14-34-25(24)27-23(28)13-33-21-11-15(2)10-16(3)17(21)4/h8-12,14H,7,13H2,1-6H3,(H,27,28). The zero-order chi connectivity index (χ0) is 24.8. The molecule has 0 aliphatic carbocycles. The number of hydrogen-bond donors (Lipinski definition) is 1. The number of benzene rings is 2. The Hall–Kier alpha value is -3.52. The van der Waals surface area contributed by atoms with E-state index in [0.29, 0.717) is 27.8 Å². The highest BCUT2D eigenvalue weighted by atomic mass is 32.1. The molecule has 0 saturated heterocycles. The van der Waals surface area contributed by atoms with E-state index in [-0.39, 0.29) is 24.7 Å². The Morgan fingerprint density at radius 2 is 1.71 bits per heavy atom. The maximum absolute atomic E-state index is 12.8. The van der Waals surface area contributed by atoms with E-state index < -0.39 is 5.97 Å². The van der Waals surface area contributed by atoms with Crippen molar-refractivity contribution in [3.05, 3.63) is 58.0 Å². The van der Waals surface area contributed by atoms with Gasteiger partial charge in [-0.2, -0.15) is 0 Å². The number of aryl methyl sites for hydroxylation is 2. The van der Waals surface area contributed by atoms with E-state index in [4.69, 9.17) is 18.9 Å². The van der Waals surface area contributed by atoms with E-state index in [1.165, 1.54) is 11.3 Å². The van der Waals surface area contributed by atoms with Gasteiger partial charge in [-0.25, -0.2) is 4.79 Å². The highest BCUT2D eigenvalue weighted by Gasteiger charge is 2.24. The van der Waals surface area contributed by atoms with Crippen molar-refractivity contribution in [2.75, 3.05) is 32.8 Å². The summed E-state index contributed by atoms with van der Waals surface area (Å²) in [6.07, 6.45) is 0. The number of thiophene rings is 1. The number of anilines is 1. The van der Waals surface area contributed by atoms with Crippen LogP contribution >= 0.6 is 11.3 Å². The number of nitrogens with one attached hydrogen (secondary N) is 1. The van der Waals surface area contributed by atoms with E-state index in [2.05, 4.69) is 11.4 Å². The van der Waals surface area contributed by atoms with Crippen LogP contribution in [0.3, 0.4) is 0 Å². The first-order chi connectivity index (χ1) is 16.3. The summed E-state index contributed by atoms with van der Waals surface area (Å²) in [6.45, 7) is 7.70. The number of methoxy groups -OCH3 is 2. The van der Waals surface area contributed by atoms with Crippen molar-refractivity contribution in [3.63, 3.8) is 0 Å². The molecule has 0 bridgehead atoms. The Kier molecular flexibility index (Phi) is 8.17. The number of ether oxygens (including phenoxy) is 4. The Morgan fingerprint density at radius 3 is 2.38 bits per heavy atom. The van der Waals surface area contributed by atoms with Crippen molar-refractivity contribution in [3.8, 4) is 28.4 Å². The smallest absolute Gasteiger partial charge is 0.341 e. The van der Waals surface area contributed by atoms with Crippen LogP contribution in [0.25, 0.3) is 11.1 Å². The van der Waals surface area contributed by atoms with Crippen molar-refractivity contribution in [1.29, 1.82) is 0 Å². The third kappa shape index (κ3) is 5.51. The molecule has 0 atom stereocenters. The molecule has 0 unspecified atom stereocenters. The molecule has 0 aliphatic heterocycles. The Balaban J connectivity index is 1.87. The van der Waals surface area contributed by atoms with Crippen molar-refractivity contribution >= 4 is 28.2 Å². The zero-order valence-corrected chi connectivity index (χ0v) is 21.1. The fourth-order valence-electron chi connectivity index (χ4n) is 3.53. The third-order valence-corrected chi connectivity index (χ3v) is 6.24. The van der Waals surface area contributed by atoms with E-state index in [0.717, 1.165) is 22.3 Å². The summed E-state index contributed by atoms with van der Waals surface area (Å²) in [5.41, 5.74) is 4.79. The molecule has 1 aromatic heterocycles. The number of carbonyl (C=O) groups is 2. The van der Waals surface area contributed by atoms with Gasteiger partial charge in [0.25, 0.3) is 5.91 Å². The fourth-order valence-corrected chi connectivity index (χ4v) is 4.50. The highest BCUT2D eigenvalue weighted by molar-refractivity contribution is 7.15. The van der Waals surface area contributed by atoms with Gasteiger partial charge >= 0.3 is 5.97 Å². The van der Waals surface area contributed by atoms with Gasteiger partial charge in [0.2, 0.25) is 0 Å². The minimum absolute atomic E-state index is 0.185. The molecule has 180 valence electrons. The molecule has 0 spiro atoms. The van der Waals surface area contributed by atoms with Crippen molar-refractivity contribution in [2.45, 2.75) is 27.7 Å². The molecule has 1 heterocycles. The van der Waals surface area contributed by atoms with Gasteiger partial charge in [-0.05, 0) is 68.1 Å². The normalized spacial score (nSPS) is 10.5. The molecule has 3 aromatic rings. The molecule has 3 rings (SSSR count). The Bertz CT molecular complexity index is 1200. The predicted molar refractivity (Wildman–Crippen MR) is 134 cm³/mol. The molecular formula is C26H29NO6S. The SMILES string of the molecule is CCOC(=O)c1c(-c2ccc(OC)c(OC)c2)csc1NC(=O)COc1cc(C)cc(C)c1C. The maximum Gasteiger partial charge on any atom is 0.341 e. The second kappa shape index (κ2) is 11.1. The molecule has 7 nitrogen and oxygen atoms in total. The van der Waals surface area contributed by atoms with Crippen LogP contribution in [0.4, 0.5) is 5.00 Å². The first-order valence-corrected chi connectivity index (χ1v) is 11.7. The van der Waals surface area contributed by atoms with Gasteiger partial charge in [0, 0.05) is 10.9 Å². The largest absolute Gasteiger partial charge is 0.493 e. The quantitative estimate of drug-likeness (QED) is 0.402. The molecule has 34 heavy (non-hydrogen) atoms. The summed E-state index contributed by atoms with van der Waals surface area (Å²) in [6, 6.07) is 9.33. The van der Waals surface area contributed by atoms with Crippen LogP contribution in [-0.4, -0.2) is 39.3 Å². The monoisotopic (exact) mass is 483 g/mol. The number of rotatable bonds is 9. The summed E-state index contributed by atoms with van der Waals surface area (Å²) in [4.78, 5) is 25.5. The first-order valence-electron chi connectivity index (χ1n) is 10.8. The Labute approximate surface area is 203 Å². The van der Waals surface area contributed by atoms with Gasteiger partial charge in [-0.1, -0.05) is 12.1 Å². The summed E-state index contributed by atoms with van der Waals surface area (Å²) in [7, 11) is 3.10. The van der Waals surface area contributed by atoms with Crippen LogP contribution in [0.5, 0.6) is 17.2 Å². The molecule has 2 aromatic carbocycles. The van der Waals surface area contributed by atoms with E-state index in [1.807, 2.05) is 32.9 Å². The van der Waals surface area contributed by atoms with Crippen LogP contribution in [0, 0.1) is 20.8 Å². The third-order valence-electron chi connectivity index (χ3n) is 5.34. The second-order valence-corrected chi connectivity index (χ2v) is 8.57. The average molecular weight is 484 g/mol. The lowest BCUT2D eigenvalue weighted by Gasteiger charge is -2.13. The summed E-state index contributed by atoms with van der Waals surface area (Å²) in [5.74, 6) is 0.880. The molecule has 0 fully saturated rings. The molecular weight excluding hydrogens is 454 g/mol. The van der Waals surface area contributed by atoms with Crippen LogP contribution in [0.1, 0.15) is 34.0 Å². The predicted octanol–water partition coefficient (Wildman–Crippen LogP) is 5.55. The summed E-state index contributed by atoms with van der Waals surface area (Å²) in [5, 5.41) is 5.01. The van der Waals surface area contributed by atoms with Gasteiger partial charge in [0.15, 0.2) is 18.1 Å². The molecule has 0 radical (unpaired) electrons. The Morgan fingerprint density at radius 1 is 0.971 bits per heavy atom. The van der Waals surface area contributed by atoms with E-state index in [9.17, 15) is 9.59 Å². The van der Waals surface area contributed by atoms with Gasteiger partial charge < -0.3 is 24.3 Å². The lowest BCUT2D eigenvalue weighted by atomic mass is 10.0. The molecule has 8 heteroatoms. The zero-order valence-electron chi connectivity index (χ0n) is 20.2. The molecule has 0 aliphatic rings. The number of hydrogen-bond acceptors (Lipinski definition) is 7. The lowest BCUT2D eigenvalue weighted by Crippen LogP contribution is -2.21. The van der Waals surface area contributed by atoms with Crippen LogP contribution in [0.2, 0.25) is 0 Å². The fraction of sp³-hybridized carbons (Fsp3) is 0.308. The van der Waals surface area contributed by atoms with E-state index in [1.54, 1.807) is 38.7 Å². The van der Waals surface area contributed by atoms with Crippen LogP contribution in [0.15, 0.2) is 35.7 Å². The number of carbonyl (C=O) groups excluding carboxylic acids is 2. The molecule has 1 amide bonds. The first kappa shape index (κ1) is 25.1. The summed E-state index contributed by atoms with van der Waals surface area (Å²) < 4.78 is 21.7. The number of esters is 1. The average Bonchev–Trinajstić information content (AvgIpc) is 3.23. The van der Waals surface area contributed by atoms with E-state index >= 15 is 0 Å². The number of amides is 1. The van der Waals surface area contributed by atoms with Crippen molar-refractivity contribution in [2.24, 2.45) is 0 Å². The minimum atomic E-state index is -0.519. The molecule has 0 saturated carbocycles. The van der Waals surface area contributed by atoms with Crippen LogP contribution < -0.4 is 19.5 Å². The molecule has 1 N–H and O–H groups in total. The topological polar surface area (TPSA) is 83.1 Å². The van der Waals surface area contributed by atoms with Crippen molar-refractivity contribution < 1.29 is 28.5 Å². The van der Waals surface area contributed by atoms with Gasteiger partial charge in [-0.15, -0.1) is 11.3 Å². The summed E-state index contributed by atoms with van der Waals surface area (Å²) >= 11 is 1.25. The van der Waals surface area contributed by atoms with Gasteiger partial charge in [-0.3, -0.25) is 4.79 Å². The highest BCUT2D eigenvalue weighted by Crippen LogP contribution is 2.39. The second-order valence-electron chi connectivity index (χ2n) is 7.69. The maximum atomic E-state index is 12.8. The van der Waals surface area contributed by atoms with Crippen molar-refractivity contribution in [1.82, 2.24) is 0 Å². The lowest BCUT2D eigenvalue weighted by molar-refractivity contribution is -0.118. The van der Waals surface area contributed by atoms with Crippen LogP contribution in [-0.2, 0) is 9.53 Å². The van der Waals surface area contributed by atoms with Gasteiger partial charge in [0.1, 0.15) is 16.3 Å².